The second kappa shape index (κ2) is 61.0. The van der Waals surface area contributed by atoms with Crippen LogP contribution >= 0.6 is 12.6 Å². The van der Waals surface area contributed by atoms with Gasteiger partial charge in [-0.15, -0.1) is 0 Å². The molecule has 128 heavy (non-hydrogen) atoms. The fraction of sp³-hybridized carbons (Fsp3) is 0.667. The maximum atomic E-state index is 14.6. The number of nitrogens with one attached hydrogen (secondary N) is 15. The zero-order valence-electron chi connectivity index (χ0n) is 76.8. The van der Waals surface area contributed by atoms with Crippen LogP contribution in [0.2, 0.25) is 0 Å². The van der Waals surface area contributed by atoms with Crippen molar-refractivity contribution in [3.05, 3.63) is 71.8 Å². The quantitative estimate of drug-likeness (QED) is 0.0142. The number of carboxylic acids is 1. The van der Waals surface area contributed by atoms with Gasteiger partial charge in [0, 0.05) is 25.1 Å². The van der Waals surface area contributed by atoms with E-state index in [2.05, 4.69) is 97.4 Å². The highest BCUT2D eigenvalue weighted by atomic mass is 32.1. The molecule has 0 heterocycles. The molecule has 0 saturated carbocycles. The molecule has 15 amide bonds. The van der Waals surface area contributed by atoms with Crippen LogP contribution in [0.4, 0.5) is 0 Å². The van der Waals surface area contributed by atoms with Crippen LogP contribution in [0.1, 0.15) is 197 Å². The van der Waals surface area contributed by atoms with Crippen LogP contribution < -0.4 is 120 Å². The number of aliphatic carboxylic acids is 1. The number of rotatable bonds is 63. The Morgan fingerprint density at radius 1 is 0.336 bits per heavy atom. The van der Waals surface area contributed by atoms with E-state index in [1.54, 1.807) is 144 Å². The number of carbonyl (C=O) groups excluding carboxylic acids is 15. The number of benzene rings is 2. The summed E-state index contributed by atoms with van der Waals surface area (Å²) in [5.74, 6) is -16.9. The fourth-order valence-electron chi connectivity index (χ4n) is 13.4. The lowest BCUT2D eigenvalue weighted by Gasteiger charge is -2.31. The Kier molecular flexibility index (Phi) is 54.1. The molecule has 0 radical (unpaired) electrons. The maximum absolute atomic E-state index is 14.6. The van der Waals surface area contributed by atoms with Gasteiger partial charge in [0.05, 0.1) is 12.6 Å². The molecule has 40 nitrogen and oxygen atoms in total. The van der Waals surface area contributed by atoms with Crippen molar-refractivity contribution < 1.29 is 81.8 Å². The SMILES string of the molecule is CC(C)C[C@H](NC(=O)[C@@H](NC(=O)[C@H](CCCCN)NC(=O)[C@@H](NC(=O)[C@@H](NC(=O)[C@H](CCCCN)NC(=O)[C@@H](NC(=O)[C@H](Cc1ccccc1)NC(=O)[C@H](C)NC(=O)[C@@H](NC(=O)[C@@H](N)CCCCN)C(C)C)C(C)C)C(C)C)C(C)C)C(C)C)C(=O)NCC(=O)N[C@@H](CS)C(=O)N[C@@H](Cc1ccccc1)C(=O)N[C@@H](CCCCN)C(=O)N[C@@H](CCCN=C(N)N)C(=O)O. The summed E-state index contributed by atoms with van der Waals surface area (Å²) in [6, 6.07) is -2.06. The minimum atomic E-state index is -1.42. The van der Waals surface area contributed by atoms with Crippen molar-refractivity contribution in [1.29, 1.82) is 0 Å². The third-order valence-corrected chi connectivity index (χ3v) is 21.4. The lowest BCUT2D eigenvalue weighted by atomic mass is 9.97. The number of unbranched alkanes of at least 4 members (excludes halogenated alkanes) is 4. The average Bonchev–Trinajstić information content (AvgIpc) is 1.06. The summed E-state index contributed by atoms with van der Waals surface area (Å²) >= 11 is 4.31. The lowest BCUT2D eigenvalue weighted by Crippen LogP contribution is -2.62. The summed E-state index contributed by atoms with van der Waals surface area (Å²) in [7, 11) is 0. The molecule has 2 rings (SSSR count). The number of nitrogens with two attached hydrogens (primary N) is 7. The number of aliphatic imine (C=N–C) groups is 1. The molecule has 30 N–H and O–H groups in total. The standard InChI is InChI=1S/C87H149N23O17S/c1-48(2)43-62(74(114)96-46-66(111)98-65(47-128)80(120)104-63(44-55-29-16-14-17-30-55)78(118)99-58(34-21-25-39-89)75(115)102-61(86(126)127)37-28-42-95-87(93)94)105-84(124)69(51(7)8)107-76(116)59(35-22-26-40-90)101-83(123)70(52(9)10)110-85(125)71(53(11)12)108-77(117)60(36-23-27-41-91)100-82(122)68(50(5)6)109-79(119)64(45-56-31-18-15-19-32-56)103-72(112)54(13)97-81(121)67(49(3)4)106-73(113)57(92)33-20-24-38-88/h14-19,29-32,48-54,57-65,67-71,128H,20-28,33-47,88-92H2,1-13H3,(H,96,114)(H,97,121)(H,98,111)(H,99,118)(H,100,122)(H,101,123)(H,102,115)(H,103,112)(H,104,120)(H,105,124)(H,106,113)(H,107,116)(H,108,117)(H,109,119)(H,110,125)(H,126,127)(H4,93,94,95)/t54-,57-,58-,59-,60-,61-,62-,63-,64-,65-,67-,68-,69-,70-,71-/m0/s1. The first-order valence-corrected chi connectivity index (χ1v) is 45.1. The van der Waals surface area contributed by atoms with E-state index in [0.29, 0.717) is 75.5 Å². The van der Waals surface area contributed by atoms with E-state index in [1.165, 1.54) is 6.92 Å². The molecule has 15 atom stereocenters. The molecule has 0 aliphatic carbocycles. The van der Waals surface area contributed by atoms with Gasteiger partial charge in [-0.25, -0.2) is 4.79 Å². The first-order chi connectivity index (χ1) is 60.4. The summed E-state index contributed by atoms with van der Waals surface area (Å²) in [6.45, 7) is 22.0. The lowest BCUT2D eigenvalue weighted by molar-refractivity contribution is -0.142. The fourth-order valence-corrected chi connectivity index (χ4v) is 13.7. The van der Waals surface area contributed by atoms with E-state index < -0.39 is 221 Å². The first kappa shape index (κ1) is 113. The monoisotopic (exact) mass is 1820 g/mol. The molecule has 0 bridgehead atoms. The smallest absolute Gasteiger partial charge is 0.326 e. The number of carboxylic acid groups (broad SMARTS) is 1. The van der Waals surface area contributed by atoms with E-state index in [1.807, 2.05) is 0 Å². The predicted molar refractivity (Wildman–Crippen MR) is 491 cm³/mol. The number of guanidine groups is 1. The molecule has 0 saturated heterocycles. The van der Waals surface area contributed by atoms with Gasteiger partial charge in [0.1, 0.15) is 84.6 Å². The molecule has 720 valence electrons. The highest BCUT2D eigenvalue weighted by Crippen LogP contribution is 2.17. The van der Waals surface area contributed by atoms with Gasteiger partial charge in [0.2, 0.25) is 88.6 Å². The van der Waals surface area contributed by atoms with Crippen LogP contribution in [0.25, 0.3) is 0 Å². The van der Waals surface area contributed by atoms with Crippen LogP contribution in [-0.2, 0) is 89.6 Å². The molecular formula is C87H149N23O17S. The van der Waals surface area contributed by atoms with Gasteiger partial charge in [-0.3, -0.25) is 76.9 Å². The van der Waals surface area contributed by atoms with Gasteiger partial charge >= 0.3 is 5.97 Å². The summed E-state index contributed by atoms with van der Waals surface area (Å²) in [5, 5.41) is 50.0. The molecule has 41 heteroatoms. The van der Waals surface area contributed by atoms with Gasteiger partial charge in [0.15, 0.2) is 5.96 Å². The van der Waals surface area contributed by atoms with Crippen molar-refractivity contribution in [2.75, 3.05) is 45.0 Å². The van der Waals surface area contributed by atoms with E-state index >= 15 is 0 Å². The molecular weight excluding hydrogens is 1670 g/mol. The van der Waals surface area contributed by atoms with Gasteiger partial charge in [-0.2, -0.15) is 12.6 Å². The number of hydrogen-bond acceptors (Lipinski definition) is 23. The maximum Gasteiger partial charge on any atom is 0.326 e. The highest BCUT2D eigenvalue weighted by Gasteiger charge is 2.40. The Balaban J connectivity index is 2.38. The Hall–Kier alpha value is -10.6. The van der Waals surface area contributed by atoms with Crippen molar-refractivity contribution >= 4 is 113 Å². The zero-order chi connectivity index (χ0) is 96.4. The number of thiol groups is 1. The van der Waals surface area contributed by atoms with Gasteiger partial charge in [-0.1, -0.05) is 150 Å². The van der Waals surface area contributed by atoms with Crippen LogP contribution in [0.15, 0.2) is 65.7 Å². The van der Waals surface area contributed by atoms with Gasteiger partial charge < -0.3 is 125 Å². The van der Waals surface area contributed by atoms with Crippen molar-refractivity contribution in [3.63, 3.8) is 0 Å². The second-order valence-electron chi connectivity index (χ2n) is 34.4. The van der Waals surface area contributed by atoms with Gasteiger partial charge in [-0.05, 0) is 170 Å². The minimum absolute atomic E-state index is 0.00503. The Morgan fingerprint density at radius 3 is 1.02 bits per heavy atom. The third-order valence-electron chi connectivity index (χ3n) is 21.0. The third kappa shape index (κ3) is 43.0. The van der Waals surface area contributed by atoms with Crippen LogP contribution in [0, 0.1) is 35.5 Å². The number of nitrogens with zero attached hydrogens (tertiary/aromatic N) is 1. The van der Waals surface area contributed by atoms with Crippen molar-refractivity contribution in [2.45, 2.75) is 290 Å². The number of amides is 15. The van der Waals surface area contributed by atoms with E-state index in [4.69, 9.17) is 40.1 Å². The summed E-state index contributed by atoms with van der Waals surface area (Å²) in [6.07, 6.45) is 3.96. The largest absolute Gasteiger partial charge is 0.480 e. The second-order valence-corrected chi connectivity index (χ2v) is 34.7. The summed E-state index contributed by atoms with van der Waals surface area (Å²) in [5.41, 5.74) is 41.2. The Bertz CT molecular complexity index is 3880. The normalized spacial score (nSPS) is 14.9. The van der Waals surface area contributed by atoms with E-state index in [9.17, 15) is 81.8 Å². The molecule has 0 aliphatic rings. The molecule has 0 aromatic heterocycles. The van der Waals surface area contributed by atoms with Crippen molar-refractivity contribution in [2.24, 2.45) is 80.6 Å². The van der Waals surface area contributed by atoms with Crippen LogP contribution in [-0.4, -0.2) is 241 Å². The molecule has 0 fully saturated rings. The van der Waals surface area contributed by atoms with Crippen LogP contribution in [0.3, 0.4) is 0 Å². The molecule has 0 unspecified atom stereocenters. The molecule has 0 aliphatic heterocycles. The van der Waals surface area contributed by atoms with E-state index in [0.717, 1.165) is 0 Å². The average molecular weight is 1820 g/mol. The predicted octanol–water partition coefficient (Wildman–Crippen LogP) is -2.37. The number of hydrogen-bond donors (Lipinski definition) is 24. The van der Waals surface area contributed by atoms with Gasteiger partial charge in [0.25, 0.3) is 0 Å². The first-order valence-electron chi connectivity index (χ1n) is 44.5. The highest BCUT2D eigenvalue weighted by molar-refractivity contribution is 7.80. The number of carbonyl (C=O) groups is 16. The Morgan fingerprint density at radius 2 is 0.641 bits per heavy atom. The van der Waals surface area contributed by atoms with Crippen molar-refractivity contribution in [3.8, 4) is 0 Å². The molecule has 2 aromatic carbocycles. The zero-order valence-corrected chi connectivity index (χ0v) is 77.7. The summed E-state index contributed by atoms with van der Waals surface area (Å²) < 4.78 is 0. The molecule has 2 aromatic rings. The topological polar surface area (TPSA) is 668 Å². The van der Waals surface area contributed by atoms with Crippen LogP contribution in [0.5, 0.6) is 0 Å². The van der Waals surface area contributed by atoms with Crippen molar-refractivity contribution in [1.82, 2.24) is 79.8 Å². The van der Waals surface area contributed by atoms with E-state index in [-0.39, 0.29) is 95.2 Å². The minimum Gasteiger partial charge on any atom is -0.480 e. The molecule has 0 spiro atoms. The Labute approximate surface area is 758 Å². The summed E-state index contributed by atoms with van der Waals surface area (Å²) in [4.78, 5) is 229.